The fraction of sp³-hybridized carbons (Fsp3) is 0.370. The Balaban J connectivity index is 2.05. The molecule has 1 heterocycles. The van der Waals surface area contributed by atoms with E-state index in [4.69, 9.17) is 9.47 Å². The molecule has 0 spiro atoms. The molecule has 0 unspecified atom stereocenters. The van der Waals surface area contributed by atoms with Gasteiger partial charge in [-0.2, -0.15) is 0 Å². The van der Waals surface area contributed by atoms with Gasteiger partial charge in [-0.25, -0.2) is 4.79 Å². The third kappa shape index (κ3) is 5.89. The van der Waals surface area contributed by atoms with Crippen molar-refractivity contribution in [3.05, 3.63) is 70.8 Å². The lowest BCUT2D eigenvalue weighted by Crippen LogP contribution is -2.32. The van der Waals surface area contributed by atoms with Gasteiger partial charge in [0.1, 0.15) is 11.5 Å². The second-order valence-corrected chi connectivity index (χ2v) is 8.95. The van der Waals surface area contributed by atoms with E-state index in [1.54, 1.807) is 48.5 Å². The quantitative estimate of drug-likeness (QED) is 0.253. The molecule has 1 amide bonds. The fourth-order valence-corrected chi connectivity index (χ4v) is 4.05. The molecule has 0 bridgehead atoms. The Labute approximate surface area is 205 Å². The van der Waals surface area contributed by atoms with Crippen molar-refractivity contribution in [3.63, 3.8) is 0 Å². The Hall–Kier alpha value is -3.65. The standard InChI is InChI=1S/C27H32N2O6/c1-17(2)35-21-13-11-19(12-14-21)24(30)22-23(18-7-9-20(10-8-18)27(33)34-5)29(26(32)25(22)31)16-6-15-28(3)4/h7-14,17,23,30H,6,15-16H2,1-5H3/t23-/m0/s1. The van der Waals surface area contributed by atoms with Crippen LogP contribution in [0.1, 0.15) is 47.8 Å². The highest BCUT2D eigenvalue weighted by Gasteiger charge is 2.45. The van der Waals surface area contributed by atoms with Crippen LogP contribution in [-0.2, 0) is 14.3 Å². The molecule has 8 nitrogen and oxygen atoms in total. The highest BCUT2D eigenvalue weighted by atomic mass is 16.5. The Morgan fingerprint density at radius 2 is 1.63 bits per heavy atom. The molecule has 35 heavy (non-hydrogen) atoms. The molecule has 8 heteroatoms. The molecule has 3 rings (SSSR count). The maximum absolute atomic E-state index is 13.1. The first kappa shape index (κ1) is 26.0. The number of hydrogen-bond donors (Lipinski definition) is 1. The van der Waals surface area contributed by atoms with Gasteiger partial charge in [0.25, 0.3) is 11.7 Å². The average molecular weight is 481 g/mol. The van der Waals surface area contributed by atoms with Crippen molar-refractivity contribution < 1.29 is 29.0 Å². The van der Waals surface area contributed by atoms with Gasteiger partial charge in [0.05, 0.1) is 30.4 Å². The third-order valence-corrected chi connectivity index (χ3v) is 5.69. The van der Waals surface area contributed by atoms with Gasteiger partial charge in [0, 0.05) is 12.1 Å². The van der Waals surface area contributed by atoms with E-state index in [0.717, 1.165) is 6.54 Å². The highest BCUT2D eigenvalue weighted by molar-refractivity contribution is 6.46. The van der Waals surface area contributed by atoms with E-state index in [-0.39, 0.29) is 17.4 Å². The van der Waals surface area contributed by atoms with Gasteiger partial charge in [0.15, 0.2) is 0 Å². The Morgan fingerprint density at radius 3 is 2.17 bits per heavy atom. The normalized spacial score (nSPS) is 17.3. The summed E-state index contributed by atoms with van der Waals surface area (Å²) in [6.45, 7) is 4.90. The summed E-state index contributed by atoms with van der Waals surface area (Å²) >= 11 is 0. The summed E-state index contributed by atoms with van der Waals surface area (Å²) in [6, 6.07) is 12.5. The molecule has 2 aromatic rings. The van der Waals surface area contributed by atoms with Gasteiger partial charge in [-0.05, 0) is 82.9 Å². The second kappa shape index (κ2) is 11.2. The number of likely N-dealkylation sites (tertiary alicyclic amines) is 1. The van der Waals surface area contributed by atoms with Crippen molar-refractivity contribution >= 4 is 23.4 Å². The van der Waals surface area contributed by atoms with E-state index in [1.807, 2.05) is 32.8 Å². The summed E-state index contributed by atoms with van der Waals surface area (Å²) in [7, 11) is 5.17. The lowest BCUT2D eigenvalue weighted by Gasteiger charge is -2.26. The minimum Gasteiger partial charge on any atom is -0.507 e. The molecule has 186 valence electrons. The van der Waals surface area contributed by atoms with Gasteiger partial charge in [-0.15, -0.1) is 0 Å². The molecule has 1 aliphatic heterocycles. The van der Waals surface area contributed by atoms with E-state index in [0.29, 0.717) is 35.4 Å². The molecule has 1 fully saturated rings. The number of carbonyl (C=O) groups excluding carboxylic acids is 3. The zero-order chi connectivity index (χ0) is 25.7. The maximum atomic E-state index is 13.1. The predicted octanol–water partition coefficient (Wildman–Crippen LogP) is 3.63. The maximum Gasteiger partial charge on any atom is 0.337 e. The van der Waals surface area contributed by atoms with Crippen molar-refractivity contribution in [1.29, 1.82) is 0 Å². The molecule has 0 radical (unpaired) electrons. The number of ketones is 1. The number of esters is 1. The van der Waals surface area contributed by atoms with Crippen LogP contribution >= 0.6 is 0 Å². The number of aliphatic hydroxyl groups excluding tert-OH is 1. The van der Waals surface area contributed by atoms with Crippen molar-refractivity contribution in [3.8, 4) is 5.75 Å². The van der Waals surface area contributed by atoms with Gasteiger partial charge in [-0.3, -0.25) is 9.59 Å². The fourth-order valence-electron chi connectivity index (χ4n) is 4.05. The Bertz CT molecular complexity index is 1100. The Kier molecular flexibility index (Phi) is 8.30. The number of benzene rings is 2. The summed E-state index contributed by atoms with van der Waals surface area (Å²) in [6.07, 6.45) is 0.646. The molecule has 1 aliphatic rings. The summed E-state index contributed by atoms with van der Waals surface area (Å²) in [5.41, 5.74) is 1.39. The van der Waals surface area contributed by atoms with E-state index >= 15 is 0 Å². The van der Waals surface area contributed by atoms with Crippen LogP contribution in [0.2, 0.25) is 0 Å². The monoisotopic (exact) mass is 480 g/mol. The van der Waals surface area contributed by atoms with Gasteiger partial charge in [-0.1, -0.05) is 12.1 Å². The number of rotatable bonds is 9. The predicted molar refractivity (Wildman–Crippen MR) is 132 cm³/mol. The van der Waals surface area contributed by atoms with Crippen LogP contribution in [0, 0.1) is 0 Å². The zero-order valence-corrected chi connectivity index (χ0v) is 20.8. The van der Waals surface area contributed by atoms with Crippen LogP contribution in [0.4, 0.5) is 0 Å². The van der Waals surface area contributed by atoms with Crippen molar-refractivity contribution in [2.24, 2.45) is 0 Å². The lowest BCUT2D eigenvalue weighted by molar-refractivity contribution is -0.139. The summed E-state index contributed by atoms with van der Waals surface area (Å²) in [5, 5.41) is 11.2. The molecule has 0 aliphatic carbocycles. The van der Waals surface area contributed by atoms with Crippen molar-refractivity contribution in [1.82, 2.24) is 9.80 Å². The number of carbonyl (C=O) groups is 3. The summed E-state index contributed by atoms with van der Waals surface area (Å²) < 4.78 is 10.4. The third-order valence-electron chi connectivity index (χ3n) is 5.69. The van der Waals surface area contributed by atoms with E-state index in [9.17, 15) is 19.5 Å². The largest absolute Gasteiger partial charge is 0.507 e. The smallest absolute Gasteiger partial charge is 0.337 e. The topological polar surface area (TPSA) is 96.4 Å². The number of amides is 1. The first-order valence-electron chi connectivity index (χ1n) is 11.5. The van der Waals surface area contributed by atoms with Crippen LogP contribution in [0.15, 0.2) is 54.1 Å². The first-order chi connectivity index (χ1) is 16.6. The van der Waals surface area contributed by atoms with Gasteiger partial charge < -0.3 is 24.4 Å². The number of hydrogen-bond acceptors (Lipinski definition) is 7. The SMILES string of the molecule is COC(=O)c1ccc([C@H]2C(=C(O)c3ccc(OC(C)C)cc3)C(=O)C(=O)N2CCCN(C)C)cc1. The number of methoxy groups -OCH3 is 1. The van der Waals surface area contributed by atoms with Crippen LogP contribution in [0.25, 0.3) is 5.76 Å². The highest BCUT2D eigenvalue weighted by Crippen LogP contribution is 2.39. The molecule has 2 aromatic carbocycles. The summed E-state index contributed by atoms with van der Waals surface area (Å²) in [5.74, 6) is -1.50. The van der Waals surface area contributed by atoms with E-state index < -0.39 is 23.7 Å². The van der Waals surface area contributed by atoms with Gasteiger partial charge in [0.2, 0.25) is 0 Å². The van der Waals surface area contributed by atoms with E-state index in [1.165, 1.54) is 12.0 Å². The average Bonchev–Trinajstić information content (AvgIpc) is 3.08. The van der Waals surface area contributed by atoms with Crippen LogP contribution in [0.5, 0.6) is 5.75 Å². The Morgan fingerprint density at radius 1 is 1.03 bits per heavy atom. The lowest BCUT2D eigenvalue weighted by atomic mass is 9.94. The van der Waals surface area contributed by atoms with Gasteiger partial charge >= 0.3 is 5.97 Å². The minimum atomic E-state index is -0.782. The molecule has 1 atom stereocenters. The number of Topliss-reactive ketones (excluding diaryl/α,β-unsaturated/α-hetero) is 1. The van der Waals surface area contributed by atoms with Crippen LogP contribution in [0.3, 0.4) is 0 Å². The minimum absolute atomic E-state index is 0.00472. The van der Waals surface area contributed by atoms with Crippen LogP contribution < -0.4 is 4.74 Å². The summed E-state index contributed by atoms with van der Waals surface area (Å²) in [4.78, 5) is 41.5. The molecule has 1 saturated heterocycles. The first-order valence-corrected chi connectivity index (χ1v) is 11.5. The second-order valence-electron chi connectivity index (χ2n) is 8.95. The molecular weight excluding hydrogens is 448 g/mol. The zero-order valence-electron chi connectivity index (χ0n) is 20.8. The molecule has 0 saturated carbocycles. The number of ether oxygens (including phenoxy) is 2. The van der Waals surface area contributed by atoms with E-state index in [2.05, 4.69) is 0 Å². The van der Waals surface area contributed by atoms with Crippen molar-refractivity contribution in [2.75, 3.05) is 34.3 Å². The number of nitrogens with zero attached hydrogens (tertiary/aromatic N) is 2. The number of aliphatic hydroxyl groups is 1. The van der Waals surface area contributed by atoms with Crippen LogP contribution in [-0.4, -0.2) is 73.0 Å². The van der Waals surface area contributed by atoms with Crippen molar-refractivity contribution in [2.45, 2.75) is 32.4 Å². The molecule has 1 N–H and O–H groups in total. The molecular formula is C27H32N2O6. The molecule has 0 aromatic heterocycles.